The summed E-state index contributed by atoms with van der Waals surface area (Å²) in [6.07, 6.45) is 2.50. The molecule has 0 saturated heterocycles. The second-order valence-electron chi connectivity index (χ2n) is 3.45. The van der Waals surface area contributed by atoms with E-state index in [1.54, 1.807) is 12.3 Å². The Bertz CT molecular complexity index is 456. The number of rotatable bonds is 4. The number of aromatic nitrogens is 1. The van der Waals surface area contributed by atoms with E-state index < -0.39 is 10.8 Å². The van der Waals surface area contributed by atoms with Crippen LogP contribution in [0.15, 0.2) is 59.8 Å². The fourth-order valence-electron chi connectivity index (χ4n) is 1.44. The molecule has 82 valence electrons. The maximum atomic E-state index is 11.9. The number of aryl methyl sites for hydroxylation is 1. The largest absolute Gasteiger partial charge is 0.253 e. The van der Waals surface area contributed by atoms with Gasteiger partial charge in [-0.15, -0.1) is 0 Å². The Hall–Kier alpha value is -1.48. The molecule has 2 rings (SSSR count). The van der Waals surface area contributed by atoms with Gasteiger partial charge in [-0.1, -0.05) is 36.4 Å². The molecule has 0 aliphatic carbocycles. The van der Waals surface area contributed by atoms with Crippen LogP contribution in [0.5, 0.6) is 0 Å². The Kier molecular flexibility index (Phi) is 3.83. The van der Waals surface area contributed by atoms with Crippen molar-refractivity contribution in [3.8, 4) is 0 Å². The number of hydrogen-bond donors (Lipinski definition) is 0. The van der Waals surface area contributed by atoms with Crippen LogP contribution in [0.4, 0.5) is 0 Å². The van der Waals surface area contributed by atoms with Gasteiger partial charge in [0.25, 0.3) is 0 Å². The summed E-state index contributed by atoms with van der Waals surface area (Å²) in [6.45, 7) is 0. The molecule has 16 heavy (non-hydrogen) atoms. The minimum Gasteiger partial charge on any atom is -0.253 e. The summed E-state index contributed by atoms with van der Waals surface area (Å²) in [4.78, 5) is 4.09. The van der Waals surface area contributed by atoms with Crippen molar-refractivity contribution in [2.24, 2.45) is 0 Å². The Morgan fingerprint density at radius 2 is 1.75 bits per heavy atom. The van der Waals surface area contributed by atoms with E-state index in [2.05, 4.69) is 17.1 Å². The minimum absolute atomic E-state index is 0.626. The molecule has 0 N–H and O–H groups in total. The van der Waals surface area contributed by atoms with Crippen molar-refractivity contribution in [2.75, 3.05) is 5.75 Å². The highest BCUT2D eigenvalue weighted by Gasteiger charge is 2.04. The second kappa shape index (κ2) is 5.56. The zero-order valence-electron chi connectivity index (χ0n) is 8.87. The Labute approximate surface area is 97.8 Å². The highest BCUT2D eigenvalue weighted by Crippen LogP contribution is 2.05. The average molecular weight is 231 g/mol. The summed E-state index contributed by atoms with van der Waals surface area (Å²) >= 11 is 0. The summed E-state index contributed by atoms with van der Waals surface area (Å²) in [5.74, 6) is 0.626. The third kappa shape index (κ3) is 3.00. The van der Waals surface area contributed by atoms with Crippen LogP contribution < -0.4 is 0 Å². The van der Waals surface area contributed by atoms with Crippen molar-refractivity contribution < 1.29 is 4.21 Å². The molecular formula is C13H13NOS. The molecule has 0 spiro atoms. The highest BCUT2D eigenvalue weighted by molar-refractivity contribution is 7.84. The zero-order chi connectivity index (χ0) is 11.2. The Balaban J connectivity index is 1.95. The monoisotopic (exact) mass is 231 g/mol. The first kappa shape index (κ1) is 11.0. The number of benzene rings is 1. The first-order valence-electron chi connectivity index (χ1n) is 5.19. The molecule has 1 aromatic heterocycles. The van der Waals surface area contributed by atoms with Crippen molar-refractivity contribution in [1.82, 2.24) is 4.98 Å². The molecular weight excluding hydrogens is 218 g/mol. The standard InChI is InChI=1S/C13H13NOS/c15-16(13-8-4-5-10-14-13)11-9-12-6-2-1-3-7-12/h1-8,10H,9,11H2. The van der Waals surface area contributed by atoms with Crippen molar-refractivity contribution in [3.05, 3.63) is 60.3 Å². The molecule has 0 amide bonds. The highest BCUT2D eigenvalue weighted by atomic mass is 32.2. The summed E-state index contributed by atoms with van der Waals surface area (Å²) < 4.78 is 11.9. The lowest BCUT2D eigenvalue weighted by Crippen LogP contribution is -2.03. The van der Waals surface area contributed by atoms with Gasteiger partial charge in [-0.3, -0.25) is 4.21 Å². The van der Waals surface area contributed by atoms with Crippen molar-refractivity contribution >= 4 is 10.8 Å². The quantitative estimate of drug-likeness (QED) is 0.809. The molecule has 1 atom stereocenters. The number of nitrogens with zero attached hydrogens (tertiary/aromatic N) is 1. The molecule has 3 heteroatoms. The van der Waals surface area contributed by atoms with Crippen LogP contribution in [0, 0.1) is 0 Å². The molecule has 0 bridgehead atoms. The summed E-state index contributed by atoms with van der Waals surface area (Å²) in [5, 5.41) is 0.665. The van der Waals surface area contributed by atoms with E-state index in [1.807, 2.05) is 30.3 Å². The van der Waals surface area contributed by atoms with E-state index in [1.165, 1.54) is 5.56 Å². The van der Waals surface area contributed by atoms with Gasteiger partial charge in [0.1, 0.15) is 5.03 Å². The topological polar surface area (TPSA) is 30.0 Å². The Morgan fingerprint density at radius 3 is 2.44 bits per heavy atom. The van der Waals surface area contributed by atoms with Crippen LogP contribution in [-0.2, 0) is 17.2 Å². The normalized spacial score (nSPS) is 12.2. The first-order chi connectivity index (χ1) is 7.86. The fourth-order valence-corrected chi connectivity index (χ4v) is 2.48. The van der Waals surface area contributed by atoms with E-state index in [9.17, 15) is 4.21 Å². The van der Waals surface area contributed by atoms with E-state index >= 15 is 0 Å². The fraction of sp³-hybridized carbons (Fsp3) is 0.154. The van der Waals surface area contributed by atoms with E-state index in [0.29, 0.717) is 10.8 Å². The van der Waals surface area contributed by atoms with Crippen LogP contribution in [0.1, 0.15) is 5.56 Å². The van der Waals surface area contributed by atoms with Crippen LogP contribution in [-0.4, -0.2) is 14.9 Å². The third-order valence-corrected chi connectivity index (χ3v) is 3.57. The molecule has 0 fully saturated rings. The average Bonchev–Trinajstić information content (AvgIpc) is 2.38. The van der Waals surface area contributed by atoms with Gasteiger partial charge in [0.15, 0.2) is 0 Å². The second-order valence-corrected chi connectivity index (χ2v) is 4.97. The molecule has 0 saturated carbocycles. The lowest BCUT2D eigenvalue weighted by atomic mass is 10.2. The molecule has 1 unspecified atom stereocenters. The molecule has 1 heterocycles. The summed E-state index contributed by atoms with van der Waals surface area (Å²) in [7, 11) is -0.995. The zero-order valence-corrected chi connectivity index (χ0v) is 9.69. The van der Waals surface area contributed by atoms with Gasteiger partial charge in [-0.05, 0) is 24.1 Å². The first-order valence-corrected chi connectivity index (χ1v) is 6.51. The smallest absolute Gasteiger partial charge is 0.127 e. The SMILES string of the molecule is O=S(CCc1ccccc1)c1ccccn1. The van der Waals surface area contributed by atoms with E-state index in [-0.39, 0.29) is 0 Å². The predicted molar refractivity (Wildman–Crippen MR) is 65.7 cm³/mol. The van der Waals surface area contributed by atoms with Crippen LogP contribution in [0.2, 0.25) is 0 Å². The molecule has 1 aromatic carbocycles. The summed E-state index contributed by atoms with van der Waals surface area (Å²) in [6, 6.07) is 15.6. The lowest BCUT2D eigenvalue weighted by Gasteiger charge is -2.01. The minimum atomic E-state index is -0.995. The maximum absolute atomic E-state index is 11.9. The van der Waals surface area contributed by atoms with Gasteiger partial charge in [0.05, 0.1) is 10.8 Å². The number of hydrogen-bond acceptors (Lipinski definition) is 2. The van der Waals surface area contributed by atoms with Gasteiger partial charge in [0, 0.05) is 11.9 Å². The Morgan fingerprint density at radius 1 is 1.00 bits per heavy atom. The predicted octanol–water partition coefficient (Wildman–Crippen LogP) is 2.43. The van der Waals surface area contributed by atoms with Gasteiger partial charge < -0.3 is 0 Å². The third-order valence-electron chi connectivity index (χ3n) is 2.29. The molecule has 0 aliphatic rings. The molecule has 2 nitrogen and oxygen atoms in total. The molecule has 0 aliphatic heterocycles. The van der Waals surface area contributed by atoms with Crippen molar-refractivity contribution in [2.45, 2.75) is 11.4 Å². The molecule has 0 radical (unpaired) electrons. The maximum Gasteiger partial charge on any atom is 0.127 e. The van der Waals surface area contributed by atoms with Gasteiger partial charge >= 0.3 is 0 Å². The van der Waals surface area contributed by atoms with Gasteiger partial charge in [0.2, 0.25) is 0 Å². The number of pyridine rings is 1. The van der Waals surface area contributed by atoms with Gasteiger partial charge in [-0.2, -0.15) is 0 Å². The van der Waals surface area contributed by atoms with Gasteiger partial charge in [-0.25, -0.2) is 4.98 Å². The van der Waals surface area contributed by atoms with Crippen LogP contribution in [0.25, 0.3) is 0 Å². The van der Waals surface area contributed by atoms with Crippen molar-refractivity contribution in [1.29, 1.82) is 0 Å². The van der Waals surface area contributed by atoms with E-state index in [0.717, 1.165) is 6.42 Å². The van der Waals surface area contributed by atoms with Crippen LogP contribution >= 0.6 is 0 Å². The summed E-state index contributed by atoms with van der Waals surface area (Å²) in [5.41, 5.74) is 1.21. The van der Waals surface area contributed by atoms with Crippen molar-refractivity contribution in [3.63, 3.8) is 0 Å². The lowest BCUT2D eigenvalue weighted by molar-refractivity contribution is 0.679. The molecule has 2 aromatic rings. The van der Waals surface area contributed by atoms with Crippen LogP contribution in [0.3, 0.4) is 0 Å². The van der Waals surface area contributed by atoms with E-state index in [4.69, 9.17) is 0 Å².